The first-order valence-corrected chi connectivity index (χ1v) is 7.53. The minimum Gasteiger partial charge on any atom is -0.377 e. The van der Waals surface area contributed by atoms with E-state index in [1.165, 1.54) is 18.2 Å². The summed E-state index contributed by atoms with van der Waals surface area (Å²) in [7, 11) is -5.36. The van der Waals surface area contributed by atoms with Gasteiger partial charge in [0.25, 0.3) is 9.84 Å². The number of hydrogen-bond donors (Lipinski definition) is 2. The SMILES string of the molecule is CC1(Nc2ccccc2S(=O)(=O)C(F)(F)F)CCNC1. The van der Waals surface area contributed by atoms with Crippen molar-refractivity contribution in [2.75, 3.05) is 18.4 Å². The zero-order valence-corrected chi connectivity index (χ0v) is 11.6. The van der Waals surface area contributed by atoms with Crippen molar-refractivity contribution in [3.8, 4) is 0 Å². The Bertz CT molecular complexity index is 593. The van der Waals surface area contributed by atoms with E-state index in [2.05, 4.69) is 10.6 Å². The van der Waals surface area contributed by atoms with Crippen LogP contribution in [-0.2, 0) is 9.84 Å². The number of para-hydroxylation sites is 1. The van der Waals surface area contributed by atoms with Crippen LogP contribution in [0.3, 0.4) is 0 Å². The van der Waals surface area contributed by atoms with E-state index in [0.29, 0.717) is 13.0 Å². The van der Waals surface area contributed by atoms with Gasteiger partial charge in [0, 0.05) is 12.1 Å². The van der Waals surface area contributed by atoms with Gasteiger partial charge in [-0.05, 0) is 32.0 Å². The molecular weight excluding hydrogens is 293 g/mol. The number of hydrogen-bond acceptors (Lipinski definition) is 4. The number of halogens is 3. The molecule has 1 aliphatic rings. The summed E-state index contributed by atoms with van der Waals surface area (Å²) in [5.41, 5.74) is -5.78. The molecular formula is C12H15F3N2O2S. The monoisotopic (exact) mass is 308 g/mol. The average molecular weight is 308 g/mol. The fourth-order valence-corrected chi connectivity index (χ4v) is 3.09. The van der Waals surface area contributed by atoms with Gasteiger partial charge >= 0.3 is 5.51 Å². The Morgan fingerprint density at radius 3 is 2.50 bits per heavy atom. The molecule has 1 atom stereocenters. The summed E-state index contributed by atoms with van der Waals surface area (Å²) in [6, 6.07) is 5.10. The van der Waals surface area contributed by atoms with E-state index in [1.54, 1.807) is 0 Å². The zero-order chi connectivity index (χ0) is 15.0. The van der Waals surface area contributed by atoms with Crippen molar-refractivity contribution >= 4 is 15.5 Å². The van der Waals surface area contributed by atoms with Gasteiger partial charge in [-0.3, -0.25) is 0 Å². The van der Waals surface area contributed by atoms with Crippen molar-refractivity contribution in [3.63, 3.8) is 0 Å². The smallest absolute Gasteiger partial charge is 0.377 e. The molecule has 1 aromatic carbocycles. The molecule has 1 aliphatic heterocycles. The van der Waals surface area contributed by atoms with Crippen molar-refractivity contribution < 1.29 is 21.6 Å². The molecule has 0 bridgehead atoms. The summed E-state index contributed by atoms with van der Waals surface area (Å²) in [5.74, 6) is 0. The van der Waals surface area contributed by atoms with Crippen LogP contribution in [0, 0.1) is 0 Å². The Morgan fingerprint density at radius 2 is 1.95 bits per heavy atom. The first-order chi connectivity index (χ1) is 9.16. The normalized spacial score (nSPS) is 23.8. The highest BCUT2D eigenvalue weighted by Gasteiger charge is 2.48. The van der Waals surface area contributed by atoms with Gasteiger partial charge in [-0.2, -0.15) is 13.2 Å². The van der Waals surface area contributed by atoms with Gasteiger partial charge in [-0.15, -0.1) is 0 Å². The van der Waals surface area contributed by atoms with E-state index in [0.717, 1.165) is 12.6 Å². The standard InChI is InChI=1S/C12H15F3N2O2S/c1-11(6-7-16-8-11)17-9-4-2-3-5-10(9)20(18,19)12(13,14)15/h2-5,16-17H,6-8H2,1H3. The summed E-state index contributed by atoms with van der Waals surface area (Å²) >= 11 is 0. The van der Waals surface area contributed by atoms with Crippen molar-refractivity contribution in [1.82, 2.24) is 5.32 Å². The van der Waals surface area contributed by atoms with E-state index in [4.69, 9.17) is 0 Å². The topological polar surface area (TPSA) is 58.2 Å². The van der Waals surface area contributed by atoms with Gasteiger partial charge in [-0.1, -0.05) is 12.1 Å². The summed E-state index contributed by atoms with van der Waals surface area (Å²) in [5, 5.41) is 6.01. The number of sulfone groups is 1. The fraction of sp³-hybridized carbons (Fsp3) is 0.500. The van der Waals surface area contributed by atoms with E-state index in [9.17, 15) is 21.6 Å². The highest BCUT2D eigenvalue weighted by atomic mass is 32.2. The minimum atomic E-state index is -5.36. The molecule has 0 spiro atoms. The molecule has 1 unspecified atom stereocenters. The predicted octanol–water partition coefficient (Wildman–Crippen LogP) is 2.14. The molecule has 1 aromatic rings. The third-order valence-corrected chi connectivity index (χ3v) is 4.83. The third kappa shape index (κ3) is 2.76. The number of alkyl halides is 3. The Balaban J connectivity index is 2.42. The maximum absolute atomic E-state index is 12.7. The van der Waals surface area contributed by atoms with Gasteiger partial charge in [0.05, 0.1) is 10.6 Å². The lowest BCUT2D eigenvalue weighted by atomic mass is 10.0. The molecule has 20 heavy (non-hydrogen) atoms. The van der Waals surface area contributed by atoms with Crippen LogP contribution in [0.4, 0.5) is 18.9 Å². The van der Waals surface area contributed by atoms with Crippen LogP contribution < -0.4 is 10.6 Å². The molecule has 112 valence electrons. The van der Waals surface area contributed by atoms with E-state index < -0.39 is 25.8 Å². The molecule has 4 nitrogen and oxygen atoms in total. The molecule has 2 N–H and O–H groups in total. The molecule has 0 aliphatic carbocycles. The first-order valence-electron chi connectivity index (χ1n) is 6.05. The highest BCUT2D eigenvalue weighted by Crippen LogP contribution is 2.35. The summed E-state index contributed by atoms with van der Waals surface area (Å²) in [6.45, 7) is 3.13. The maximum Gasteiger partial charge on any atom is 0.501 e. The van der Waals surface area contributed by atoms with Gasteiger partial charge < -0.3 is 10.6 Å². The highest BCUT2D eigenvalue weighted by molar-refractivity contribution is 7.92. The molecule has 0 aromatic heterocycles. The van der Waals surface area contributed by atoms with E-state index in [-0.39, 0.29) is 5.69 Å². The summed E-state index contributed by atoms with van der Waals surface area (Å²) < 4.78 is 61.2. The van der Waals surface area contributed by atoms with Crippen LogP contribution in [0.25, 0.3) is 0 Å². The first kappa shape index (κ1) is 15.1. The van der Waals surface area contributed by atoms with Crippen LogP contribution >= 0.6 is 0 Å². The largest absolute Gasteiger partial charge is 0.501 e. The molecule has 1 saturated heterocycles. The van der Waals surface area contributed by atoms with Gasteiger partial charge in [0.15, 0.2) is 0 Å². The second-order valence-corrected chi connectivity index (χ2v) is 6.97. The summed E-state index contributed by atoms with van der Waals surface area (Å²) in [4.78, 5) is -0.736. The van der Waals surface area contributed by atoms with Crippen LogP contribution in [0.5, 0.6) is 0 Å². The van der Waals surface area contributed by atoms with E-state index >= 15 is 0 Å². The predicted molar refractivity (Wildman–Crippen MR) is 69.2 cm³/mol. The van der Waals surface area contributed by atoms with E-state index in [1.807, 2.05) is 6.92 Å². The third-order valence-electron chi connectivity index (χ3n) is 3.29. The Hall–Kier alpha value is -1.28. The average Bonchev–Trinajstić information content (AvgIpc) is 2.75. The van der Waals surface area contributed by atoms with Gasteiger partial charge in [0.1, 0.15) is 0 Å². The lowest BCUT2D eigenvalue weighted by Crippen LogP contribution is -2.37. The maximum atomic E-state index is 12.7. The number of rotatable bonds is 3. The van der Waals surface area contributed by atoms with Gasteiger partial charge in [0.2, 0.25) is 0 Å². The quantitative estimate of drug-likeness (QED) is 0.898. The van der Waals surface area contributed by atoms with Crippen LogP contribution in [0.2, 0.25) is 0 Å². The number of anilines is 1. The minimum absolute atomic E-state index is 0.0176. The molecule has 0 radical (unpaired) electrons. The zero-order valence-electron chi connectivity index (χ0n) is 10.8. The van der Waals surface area contributed by atoms with Crippen LogP contribution in [0.1, 0.15) is 13.3 Å². The van der Waals surface area contributed by atoms with Gasteiger partial charge in [-0.25, -0.2) is 8.42 Å². The molecule has 2 rings (SSSR count). The molecule has 1 fully saturated rings. The molecule has 0 amide bonds. The Kier molecular flexibility index (Phi) is 3.72. The Labute approximate surface area is 115 Å². The van der Waals surface area contributed by atoms with Crippen LogP contribution in [-0.4, -0.2) is 32.6 Å². The van der Waals surface area contributed by atoms with Crippen molar-refractivity contribution in [3.05, 3.63) is 24.3 Å². The number of nitrogens with one attached hydrogen (secondary N) is 2. The summed E-state index contributed by atoms with van der Waals surface area (Å²) in [6.07, 6.45) is 0.702. The van der Waals surface area contributed by atoms with Crippen molar-refractivity contribution in [1.29, 1.82) is 0 Å². The van der Waals surface area contributed by atoms with Crippen molar-refractivity contribution in [2.24, 2.45) is 0 Å². The van der Waals surface area contributed by atoms with Crippen LogP contribution in [0.15, 0.2) is 29.2 Å². The van der Waals surface area contributed by atoms with Crippen molar-refractivity contribution in [2.45, 2.75) is 29.3 Å². The Morgan fingerprint density at radius 1 is 1.30 bits per heavy atom. The lowest BCUT2D eigenvalue weighted by molar-refractivity contribution is -0.0435. The second kappa shape index (κ2) is 4.92. The second-order valence-electron chi connectivity index (χ2n) is 5.06. The molecule has 0 saturated carbocycles. The number of benzene rings is 1. The molecule has 8 heteroatoms. The lowest BCUT2D eigenvalue weighted by Gasteiger charge is -2.27. The fourth-order valence-electron chi connectivity index (χ4n) is 2.18. The molecule has 1 heterocycles.